The lowest BCUT2D eigenvalue weighted by molar-refractivity contribution is 0.313. The molecule has 1 fully saturated rings. The van der Waals surface area contributed by atoms with Crippen molar-refractivity contribution < 1.29 is 0 Å². The standard InChI is InChI=1S/C30H31N7O/c1-3-37-28-23(19-26(29(37)38)21-6-8-22(9-7-21)27-5-4-14-31-27)20-32-30(34-28)33-24-10-12-25(13-11-24)36-17-15-35(2)16-18-36/h4-14,19-20,31H,3,15-18H2,1-2H3,(H,32,33,34). The van der Waals surface area contributed by atoms with E-state index in [1.807, 2.05) is 67.7 Å². The van der Waals surface area contributed by atoms with Crippen LogP contribution in [0.2, 0.25) is 0 Å². The van der Waals surface area contributed by atoms with Crippen LogP contribution in [-0.4, -0.2) is 57.6 Å². The van der Waals surface area contributed by atoms with Gasteiger partial charge in [-0.1, -0.05) is 24.3 Å². The van der Waals surface area contributed by atoms with E-state index in [2.05, 4.69) is 44.3 Å². The van der Waals surface area contributed by atoms with Gasteiger partial charge in [-0.15, -0.1) is 0 Å². The van der Waals surface area contributed by atoms with Gasteiger partial charge in [0.2, 0.25) is 5.95 Å². The summed E-state index contributed by atoms with van der Waals surface area (Å²) < 4.78 is 1.72. The number of nitrogens with zero attached hydrogens (tertiary/aromatic N) is 5. The average molecular weight is 506 g/mol. The summed E-state index contributed by atoms with van der Waals surface area (Å²) in [5.41, 5.74) is 6.32. The molecule has 2 aromatic carbocycles. The maximum Gasteiger partial charge on any atom is 0.260 e. The molecule has 0 saturated carbocycles. The minimum absolute atomic E-state index is 0.0613. The molecule has 0 radical (unpaired) electrons. The number of likely N-dealkylation sites (N-methyl/N-ethyl adjacent to an activating group) is 1. The number of pyridine rings is 1. The first-order valence-electron chi connectivity index (χ1n) is 13.0. The number of aromatic nitrogens is 4. The van der Waals surface area contributed by atoms with Crippen molar-refractivity contribution in [3.05, 3.63) is 89.5 Å². The van der Waals surface area contributed by atoms with Gasteiger partial charge < -0.3 is 20.1 Å². The zero-order valence-corrected chi connectivity index (χ0v) is 21.7. The number of hydrogen-bond donors (Lipinski definition) is 2. The van der Waals surface area contributed by atoms with Gasteiger partial charge >= 0.3 is 0 Å². The molecule has 0 amide bonds. The van der Waals surface area contributed by atoms with Crippen LogP contribution in [0.1, 0.15) is 6.92 Å². The van der Waals surface area contributed by atoms with Crippen molar-refractivity contribution in [2.45, 2.75) is 13.5 Å². The van der Waals surface area contributed by atoms with Crippen molar-refractivity contribution >= 4 is 28.4 Å². The minimum Gasteiger partial charge on any atom is -0.369 e. The molecule has 2 N–H and O–H groups in total. The van der Waals surface area contributed by atoms with Crippen molar-refractivity contribution in [2.24, 2.45) is 0 Å². The first-order chi connectivity index (χ1) is 18.6. The molecule has 1 aliphatic heterocycles. The second-order valence-corrected chi connectivity index (χ2v) is 9.70. The lowest BCUT2D eigenvalue weighted by Crippen LogP contribution is -2.44. The maximum absolute atomic E-state index is 13.5. The Morgan fingerprint density at radius 1 is 0.947 bits per heavy atom. The predicted octanol–water partition coefficient (Wildman–Crippen LogP) is 4.97. The maximum atomic E-state index is 13.5. The number of hydrogen-bond acceptors (Lipinski definition) is 6. The quantitative estimate of drug-likeness (QED) is 0.339. The number of aromatic amines is 1. The largest absolute Gasteiger partial charge is 0.369 e. The van der Waals surface area contributed by atoms with Gasteiger partial charge in [0.25, 0.3) is 5.56 Å². The van der Waals surface area contributed by atoms with Crippen LogP contribution in [0.4, 0.5) is 17.3 Å². The Morgan fingerprint density at radius 3 is 2.37 bits per heavy atom. The Hall–Kier alpha value is -4.43. The molecule has 5 aromatic rings. The highest BCUT2D eigenvalue weighted by Crippen LogP contribution is 2.26. The van der Waals surface area contributed by atoms with E-state index in [0.717, 1.165) is 54.1 Å². The fourth-order valence-electron chi connectivity index (χ4n) is 5.01. The molecule has 192 valence electrons. The zero-order valence-electron chi connectivity index (χ0n) is 21.7. The van der Waals surface area contributed by atoms with E-state index < -0.39 is 0 Å². The Bertz CT molecular complexity index is 1600. The number of anilines is 3. The van der Waals surface area contributed by atoms with E-state index in [9.17, 15) is 4.79 Å². The molecule has 8 nitrogen and oxygen atoms in total. The monoisotopic (exact) mass is 505 g/mol. The lowest BCUT2D eigenvalue weighted by atomic mass is 10.0. The lowest BCUT2D eigenvalue weighted by Gasteiger charge is -2.34. The number of piperazine rings is 1. The number of aryl methyl sites for hydroxylation is 1. The second kappa shape index (κ2) is 10.1. The summed E-state index contributed by atoms with van der Waals surface area (Å²) in [5, 5.41) is 4.13. The fourth-order valence-corrected chi connectivity index (χ4v) is 5.01. The Kier molecular flexibility index (Phi) is 6.39. The van der Waals surface area contributed by atoms with Crippen LogP contribution in [0.3, 0.4) is 0 Å². The first-order valence-corrected chi connectivity index (χ1v) is 13.0. The van der Waals surface area contributed by atoms with Crippen LogP contribution in [0, 0.1) is 0 Å². The van der Waals surface area contributed by atoms with Crippen LogP contribution in [0.25, 0.3) is 33.4 Å². The van der Waals surface area contributed by atoms with Crippen LogP contribution in [0.5, 0.6) is 0 Å². The predicted molar refractivity (Wildman–Crippen MR) is 154 cm³/mol. The van der Waals surface area contributed by atoms with Crippen LogP contribution in [0.15, 0.2) is 83.9 Å². The van der Waals surface area contributed by atoms with E-state index in [1.54, 1.807) is 10.8 Å². The van der Waals surface area contributed by atoms with E-state index in [0.29, 0.717) is 23.7 Å². The van der Waals surface area contributed by atoms with Crippen LogP contribution >= 0.6 is 0 Å². The molecule has 0 atom stereocenters. The third-order valence-electron chi connectivity index (χ3n) is 7.24. The molecule has 0 spiro atoms. The van der Waals surface area contributed by atoms with Gasteiger partial charge in [0, 0.05) is 73.1 Å². The number of benzene rings is 2. The van der Waals surface area contributed by atoms with Gasteiger partial charge in [-0.05, 0) is 67.6 Å². The highest BCUT2D eigenvalue weighted by molar-refractivity contribution is 5.82. The SMILES string of the molecule is CCn1c(=O)c(-c2ccc(-c3ccc[nH]3)cc2)cc2cnc(Nc3ccc(N4CCN(C)CC4)cc3)nc21. The van der Waals surface area contributed by atoms with Gasteiger partial charge in [-0.3, -0.25) is 9.36 Å². The molecule has 1 saturated heterocycles. The molecular formula is C30H31N7O. The van der Waals surface area contributed by atoms with Crippen molar-refractivity contribution in [2.75, 3.05) is 43.4 Å². The summed E-state index contributed by atoms with van der Waals surface area (Å²) in [5.74, 6) is 0.467. The number of H-pyrrole nitrogens is 1. The molecular weight excluding hydrogens is 474 g/mol. The molecule has 4 heterocycles. The topological polar surface area (TPSA) is 82.1 Å². The van der Waals surface area contributed by atoms with Crippen molar-refractivity contribution in [1.29, 1.82) is 0 Å². The summed E-state index contributed by atoms with van der Waals surface area (Å²) in [4.78, 5) is 30.7. The summed E-state index contributed by atoms with van der Waals surface area (Å²) in [6.07, 6.45) is 3.69. The van der Waals surface area contributed by atoms with Crippen molar-refractivity contribution in [3.63, 3.8) is 0 Å². The number of rotatable bonds is 6. The summed E-state index contributed by atoms with van der Waals surface area (Å²) in [7, 11) is 2.16. The highest BCUT2D eigenvalue weighted by Gasteiger charge is 2.15. The van der Waals surface area contributed by atoms with Gasteiger partial charge in [-0.25, -0.2) is 4.98 Å². The molecule has 38 heavy (non-hydrogen) atoms. The summed E-state index contributed by atoms with van der Waals surface area (Å²) in [6.45, 7) is 6.69. The van der Waals surface area contributed by atoms with Crippen LogP contribution in [-0.2, 0) is 6.54 Å². The first kappa shape index (κ1) is 23.9. The van der Waals surface area contributed by atoms with Crippen molar-refractivity contribution in [3.8, 4) is 22.4 Å². The number of nitrogens with one attached hydrogen (secondary N) is 2. The fraction of sp³-hybridized carbons (Fsp3) is 0.233. The highest BCUT2D eigenvalue weighted by atomic mass is 16.1. The number of fused-ring (bicyclic) bond motifs is 1. The molecule has 6 rings (SSSR count). The summed E-state index contributed by atoms with van der Waals surface area (Å²) in [6, 6.07) is 22.3. The molecule has 0 unspecified atom stereocenters. The molecule has 1 aliphatic rings. The van der Waals surface area contributed by atoms with Gasteiger partial charge in [0.1, 0.15) is 5.65 Å². The summed E-state index contributed by atoms with van der Waals surface area (Å²) >= 11 is 0. The van der Waals surface area contributed by atoms with E-state index >= 15 is 0 Å². The van der Waals surface area contributed by atoms with Gasteiger partial charge in [0.15, 0.2) is 0 Å². The second-order valence-electron chi connectivity index (χ2n) is 9.70. The van der Waals surface area contributed by atoms with E-state index in [4.69, 9.17) is 4.98 Å². The molecule has 8 heteroatoms. The Balaban J connectivity index is 1.26. The third-order valence-corrected chi connectivity index (χ3v) is 7.24. The molecule has 0 bridgehead atoms. The molecule has 3 aromatic heterocycles. The van der Waals surface area contributed by atoms with Gasteiger partial charge in [0.05, 0.1) is 0 Å². The van der Waals surface area contributed by atoms with Crippen molar-refractivity contribution in [1.82, 2.24) is 24.4 Å². The Labute approximate surface area is 221 Å². The van der Waals surface area contributed by atoms with E-state index in [-0.39, 0.29) is 5.56 Å². The van der Waals surface area contributed by atoms with E-state index in [1.165, 1.54) is 5.69 Å². The zero-order chi connectivity index (χ0) is 26.1. The molecule has 0 aliphatic carbocycles. The average Bonchev–Trinajstić information content (AvgIpc) is 3.49. The van der Waals surface area contributed by atoms with Gasteiger partial charge in [-0.2, -0.15) is 4.98 Å². The van der Waals surface area contributed by atoms with Crippen LogP contribution < -0.4 is 15.8 Å². The third kappa shape index (κ3) is 4.66. The smallest absolute Gasteiger partial charge is 0.260 e. The minimum atomic E-state index is -0.0613. The normalized spacial score (nSPS) is 14.2. The Morgan fingerprint density at radius 2 is 1.68 bits per heavy atom.